The van der Waals surface area contributed by atoms with Crippen molar-refractivity contribution in [3.8, 4) is 11.5 Å². The maximum atomic E-state index is 9.56. The minimum absolute atomic E-state index is 0. The average molecular weight is 483 g/mol. The zero-order valence-electron chi connectivity index (χ0n) is 16.5. The Morgan fingerprint density at radius 1 is 1.15 bits per heavy atom. The summed E-state index contributed by atoms with van der Waals surface area (Å²) < 4.78 is 5.93. The molecule has 0 radical (unpaired) electrons. The van der Waals surface area contributed by atoms with Gasteiger partial charge in [-0.25, -0.2) is 4.99 Å². The summed E-state index contributed by atoms with van der Waals surface area (Å²) in [6.45, 7) is 10.0. The first-order valence-corrected chi connectivity index (χ1v) is 9.04. The number of hydrogen-bond acceptors (Lipinski definition) is 3. The van der Waals surface area contributed by atoms with Crippen LogP contribution in [0.4, 0.5) is 0 Å². The van der Waals surface area contributed by atoms with Gasteiger partial charge in [0.1, 0.15) is 11.5 Å². The Hall–Kier alpha value is -1.96. The van der Waals surface area contributed by atoms with Crippen molar-refractivity contribution in [2.75, 3.05) is 6.54 Å². The van der Waals surface area contributed by atoms with Gasteiger partial charge in [-0.05, 0) is 57.0 Å². The van der Waals surface area contributed by atoms with Crippen LogP contribution < -0.4 is 15.4 Å². The van der Waals surface area contributed by atoms with Crippen LogP contribution in [-0.2, 0) is 13.1 Å². The normalized spacial score (nSPS) is 11.1. The number of halogens is 1. The van der Waals surface area contributed by atoms with Gasteiger partial charge in [-0.1, -0.05) is 24.3 Å². The predicted octanol–water partition coefficient (Wildman–Crippen LogP) is 4.36. The van der Waals surface area contributed by atoms with Gasteiger partial charge in [-0.15, -0.1) is 24.0 Å². The summed E-state index contributed by atoms with van der Waals surface area (Å²) >= 11 is 0. The van der Waals surface area contributed by atoms with E-state index in [1.807, 2.05) is 32.9 Å². The molecular weight excluding hydrogens is 453 g/mol. The van der Waals surface area contributed by atoms with Crippen molar-refractivity contribution in [3.05, 3.63) is 59.2 Å². The molecule has 2 rings (SSSR count). The van der Waals surface area contributed by atoms with Gasteiger partial charge >= 0.3 is 0 Å². The van der Waals surface area contributed by atoms with E-state index < -0.39 is 0 Å². The van der Waals surface area contributed by atoms with Crippen LogP contribution in [0.15, 0.2) is 47.5 Å². The number of aryl methyl sites for hydroxylation is 1. The van der Waals surface area contributed by atoms with Crippen molar-refractivity contribution in [2.24, 2.45) is 4.99 Å². The molecule has 0 spiro atoms. The highest BCUT2D eigenvalue weighted by atomic mass is 127. The minimum Gasteiger partial charge on any atom is -0.508 e. The van der Waals surface area contributed by atoms with Crippen LogP contribution in [0, 0.1) is 6.92 Å². The van der Waals surface area contributed by atoms with E-state index >= 15 is 0 Å². The predicted molar refractivity (Wildman–Crippen MR) is 122 cm³/mol. The van der Waals surface area contributed by atoms with E-state index in [9.17, 15) is 5.11 Å². The molecule has 148 valence electrons. The number of aliphatic imine (C=N–C) groups is 1. The van der Waals surface area contributed by atoms with Crippen LogP contribution in [0.3, 0.4) is 0 Å². The van der Waals surface area contributed by atoms with Crippen LogP contribution in [0.2, 0.25) is 0 Å². The average Bonchev–Trinajstić information content (AvgIpc) is 2.58. The molecule has 0 unspecified atom stereocenters. The number of phenols is 1. The van der Waals surface area contributed by atoms with Crippen molar-refractivity contribution in [1.82, 2.24) is 10.6 Å². The van der Waals surface area contributed by atoms with Gasteiger partial charge in [-0.3, -0.25) is 0 Å². The van der Waals surface area contributed by atoms with E-state index in [4.69, 9.17) is 4.74 Å². The molecule has 0 bridgehead atoms. The third kappa shape index (κ3) is 8.07. The monoisotopic (exact) mass is 483 g/mol. The lowest BCUT2D eigenvalue weighted by Gasteiger charge is -2.17. The lowest BCUT2D eigenvalue weighted by atomic mass is 10.1. The van der Waals surface area contributed by atoms with Gasteiger partial charge in [0.05, 0.1) is 12.6 Å². The number of guanidine groups is 1. The van der Waals surface area contributed by atoms with E-state index in [1.54, 1.807) is 12.1 Å². The molecule has 27 heavy (non-hydrogen) atoms. The van der Waals surface area contributed by atoms with E-state index in [2.05, 4.69) is 40.7 Å². The smallest absolute Gasteiger partial charge is 0.191 e. The van der Waals surface area contributed by atoms with E-state index in [1.165, 1.54) is 5.56 Å². The Bertz CT molecular complexity index is 748. The van der Waals surface area contributed by atoms with Gasteiger partial charge in [0.2, 0.25) is 0 Å². The first kappa shape index (κ1) is 23.1. The Kier molecular flexibility index (Phi) is 9.99. The van der Waals surface area contributed by atoms with Crippen LogP contribution in [0.25, 0.3) is 0 Å². The largest absolute Gasteiger partial charge is 0.508 e. The summed E-state index contributed by atoms with van der Waals surface area (Å²) in [5, 5.41) is 16.2. The fourth-order valence-electron chi connectivity index (χ4n) is 2.52. The maximum Gasteiger partial charge on any atom is 0.191 e. The molecule has 0 atom stereocenters. The third-order valence-electron chi connectivity index (χ3n) is 3.71. The van der Waals surface area contributed by atoms with Gasteiger partial charge in [0.15, 0.2) is 5.96 Å². The van der Waals surface area contributed by atoms with E-state index in [0.717, 1.165) is 29.4 Å². The molecule has 2 aromatic rings. The third-order valence-corrected chi connectivity index (χ3v) is 3.71. The molecule has 6 heteroatoms. The van der Waals surface area contributed by atoms with Crippen LogP contribution in [0.1, 0.15) is 37.5 Å². The summed E-state index contributed by atoms with van der Waals surface area (Å²) in [5.41, 5.74) is 3.22. The first-order chi connectivity index (χ1) is 12.5. The second-order valence-electron chi connectivity index (χ2n) is 6.50. The molecule has 0 fully saturated rings. The zero-order chi connectivity index (χ0) is 18.9. The van der Waals surface area contributed by atoms with Gasteiger partial charge in [0, 0.05) is 18.7 Å². The van der Waals surface area contributed by atoms with Crippen molar-refractivity contribution in [1.29, 1.82) is 0 Å². The molecule has 3 N–H and O–H groups in total. The van der Waals surface area contributed by atoms with E-state index in [-0.39, 0.29) is 35.8 Å². The summed E-state index contributed by atoms with van der Waals surface area (Å²) in [4.78, 5) is 4.59. The topological polar surface area (TPSA) is 65.9 Å². The number of ether oxygens (including phenoxy) is 1. The fourth-order valence-corrected chi connectivity index (χ4v) is 2.52. The number of benzene rings is 2. The molecule has 0 aliphatic heterocycles. The minimum atomic E-state index is 0. The number of hydrogen-bond donors (Lipinski definition) is 3. The zero-order valence-corrected chi connectivity index (χ0v) is 18.8. The molecule has 0 saturated carbocycles. The van der Waals surface area contributed by atoms with Crippen molar-refractivity contribution in [3.63, 3.8) is 0 Å². The standard InChI is InChI=1S/C21H29N3O2.HI/c1-5-22-21(23-13-17-7-6-8-19(25)12-17)24-14-18-10-9-16(4)11-20(18)26-15(2)3;/h6-12,15,25H,5,13-14H2,1-4H3,(H2,22,23,24);1H. The SMILES string of the molecule is CCNC(=NCc1cccc(O)c1)NCc1ccc(C)cc1OC(C)C.I. The van der Waals surface area contributed by atoms with Crippen molar-refractivity contribution < 1.29 is 9.84 Å². The van der Waals surface area contributed by atoms with Crippen LogP contribution >= 0.6 is 24.0 Å². The van der Waals surface area contributed by atoms with Crippen LogP contribution in [0.5, 0.6) is 11.5 Å². The quantitative estimate of drug-likeness (QED) is 0.311. The van der Waals surface area contributed by atoms with Crippen molar-refractivity contribution >= 4 is 29.9 Å². The maximum absolute atomic E-state index is 9.56. The highest BCUT2D eigenvalue weighted by Gasteiger charge is 2.07. The highest BCUT2D eigenvalue weighted by molar-refractivity contribution is 14.0. The lowest BCUT2D eigenvalue weighted by Crippen LogP contribution is -2.36. The molecular formula is C21H30IN3O2. The van der Waals surface area contributed by atoms with Gasteiger partial charge < -0.3 is 20.5 Å². The highest BCUT2D eigenvalue weighted by Crippen LogP contribution is 2.21. The van der Waals surface area contributed by atoms with E-state index in [0.29, 0.717) is 13.1 Å². The summed E-state index contributed by atoms with van der Waals surface area (Å²) in [6.07, 6.45) is 0.128. The Morgan fingerprint density at radius 2 is 1.93 bits per heavy atom. The molecule has 0 heterocycles. The lowest BCUT2D eigenvalue weighted by molar-refractivity contribution is 0.239. The number of nitrogens with one attached hydrogen (secondary N) is 2. The first-order valence-electron chi connectivity index (χ1n) is 9.04. The molecule has 0 amide bonds. The Labute approximate surface area is 179 Å². The second kappa shape index (κ2) is 11.7. The molecule has 0 saturated heterocycles. The molecule has 5 nitrogen and oxygen atoms in total. The molecule has 0 aliphatic rings. The summed E-state index contributed by atoms with van der Waals surface area (Å²) in [5.74, 6) is 1.88. The second-order valence-corrected chi connectivity index (χ2v) is 6.50. The number of rotatable bonds is 7. The van der Waals surface area contributed by atoms with Crippen molar-refractivity contribution in [2.45, 2.75) is 46.9 Å². The summed E-state index contributed by atoms with van der Waals surface area (Å²) in [6, 6.07) is 13.4. The van der Waals surface area contributed by atoms with Gasteiger partial charge in [-0.2, -0.15) is 0 Å². The number of nitrogens with zero attached hydrogens (tertiary/aromatic N) is 1. The molecule has 0 aliphatic carbocycles. The molecule has 0 aromatic heterocycles. The Morgan fingerprint density at radius 3 is 2.59 bits per heavy atom. The van der Waals surface area contributed by atoms with Crippen LogP contribution in [-0.4, -0.2) is 23.7 Å². The molecule has 2 aromatic carbocycles. The summed E-state index contributed by atoms with van der Waals surface area (Å²) in [7, 11) is 0. The number of aromatic hydroxyl groups is 1. The Balaban J connectivity index is 0.00000364. The van der Waals surface area contributed by atoms with Gasteiger partial charge in [0.25, 0.3) is 0 Å². The number of phenolic OH excluding ortho intramolecular Hbond substituents is 1. The fraction of sp³-hybridized carbons (Fsp3) is 0.381.